The number of nitrogens with zero attached hydrogens (tertiary/aromatic N) is 1. The Morgan fingerprint density at radius 3 is 2.36 bits per heavy atom. The van der Waals surface area contributed by atoms with Crippen LogP contribution in [0.5, 0.6) is 0 Å². The van der Waals surface area contributed by atoms with Gasteiger partial charge in [0.1, 0.15) is 5.69 Å². The number of hydrogen-bond acceptors (Lipinski definition) is 3. The molecule has 0 unspecified atom stereocenters. The van der Waals surface area contributed by atoms with Crippen molar-refractivity contribution in [2.75, 3.05) is 5.32 Å². The highest BCUT2D eigenvalue weighted by molar-refractivity contribution is 6.05. The van der Waals surface area contributed by atoms with E-state index in [-0.39, 0.29) is 23.6 Å². The molecule has 0 aliphatic rings. The van der Waals surface area contributed by atoms with Gasteiger partial charge < -0.3 is 10.6 Å². The van der Waals surface area contributed by atoms with Crippen molar-refractivity contribution in [2.45, 2.75) is 26.8 Å². The Kier molecular flexibility index (Phi) is 4.88. The third kappa shape index (κ3) is 4.15. The van der Waals surface area contributed by atoms with E-state index < -0.39 is 0 Å². The zero-order valence-corrected chi connectivity index (χ0v) is 12.9. The van der Waals surface area contributed by atoms with E-state index in [1.54, 1.807) is 6.07 Å². The predicted molar refractivity (Wildman–Crippen MR) is 86.0 cm³/mol. The van der Waals surface area contributed by atoms with Crippen molar-refractivity contribution in [3.8, 4) is 0 Å². The molecule has 2 N–H and O–H groups in total. The summed E-state index contributed by atoms with van der Waals surface area (Å²) in [7, 11) is 0. The maximum Gasteiger partial charge on any atom is 0.270 e. The van der Waals surface area contributed by atoms with Gasteiger partial charge in [0, 0.05) is 23.5 Å². The minimum Gasteiger partial charge on any atom is -0.349 e. The largest absolute Gasteiger partial charge is 0.349 e. The number of hydrogen-bond donors (Lipinski definition) is 2. The lowest BCUT2D eigenvalue weighted by Crippen LogP contribution is -2.31. The van der Waals surface area contributed by atoms with Crippen LogP contribution in [0.15, 0.2) is 42.6 Å². The van der Waals surface area contributed by atoms with Crippen LogP contribution in [0.25, 0.3) is 0 Å². The first-order valence-corrected chi connectivity index (χ1v) is 7.10. The van der Waals surface area contributed by atoms with Crippen LogP contribution in [0.2, 0.25) is 0 Å². The Balaban J connectivity index is 2.13. The summed E-state index contributed by atoms with van der Waals surface area (Å²) in [5.41, 5.74) is 2.45. The Morgan fingerprint density at radius 2 is 1.73 bits per heavy atom. The highest BCUT2D eigenvalue weighted by Crippen LogP contribution is 2.11. The molecule has 0 saturated heterocycles. The molecule has 22 heavy (non-hydrogen) atoms. The van der Waals surface area contributed by atoms with E-state index in [9.17, 15) is 9.59 Å². The van der Waals surface area contributed by atoms with Crippen molar-refractivity contribution in [1.29, 1.82) is 0 Å². The van der Waals surface area contributed by atoms with Gasteiger partial charge in [0.25, 0.3) is 11.8 Å². The molecular weight excluding hydrogens is 278 g/mol. The molecule has 0 aliphatic carbocycles. The van der Waals surface area contributed by atoms with E-state index in [2.05, 4.69) is 15.6 Å². The second-order valence-electron chi connectivity index (χ2n) is 5.38. The molecule has 1 aromatic carbocycles. The van der Waals surface area contributed by atoms with E-state index in [0.29, 0.717) is 11.3 Å². The summed E-state index contributed by atoms with van der Waals surface area (Å²) in [5.74, 6) is -0.565. The number of aromatic nitrogens is 1. The maximum atomic E-state index is 12.2. The molecule has 0 radical (unpaired) electrons. The normalized spacial score (nSPS) is 10.4. The minimum absolute atomic E-state index is 0.0133. The molecular formula is C17H19N3O2. The third-order valence-corrected chi connectivity index (χ3v) is 2.98. The fourth-order valence-electron chi connectivity index (χ4n) is 1.87. The number of pyridine rings is 1. The number of amides is 2. The predicted octanol–water partition coefficient (Wildman–Crippen LogP) is 2.78. The lowest BCUT2D eigenvalue weighted by Gasteiger charge is -2.09. The van der Waals surface area contributed by atoms with Gasteiger partial charge in [-0.15, -0.1) is 0 Å². The Hall–Kier alpha value is -2.69. The van der Waals surface area contributed by atoms with Gasteiger partial charge in [-0.2, -0.15) is 0 Å². The third-order valence-electron chi connectivity index (χ3n) is 2.98. The molecule has 2 rings (SSSR count). The molecule has 0 bridgehead atoms. The second-order valence-corrected chi connectivity index (χ2v) is 5.38. The molecule has 0 saturated carbocycles. The van der Waals surface area contributed by atoms with Gasteiger partial charge in [-0.25, -0.2) is 0 Å². The van der Waals surface area contributed by atoms with Gasteiger partial charge in [-0.05, 0) is 45.0 Å². The van der Waals surface area contributed by atoms with Crippen LogP contribution in [0.3, 0.4) is 0 Å². The summed E-state index contributed by atoms with van der Waals surface area (Å²) in [5, 5.41) is 5.54. The molecule has 2 amide bonds. The van der Waals surface area contributed by atoms with Crippen molar-refractivity contribution < 1.29 is 9.59 Å². The summed E-state index contributed by atoms with van der Waals surface area (Å²) in [6.45, 7) is 5.71. The first-order chi connectivity index (χ1) is 10.5. The molecule has 2 aromatic rings. The van der Waals surface area contributed by atoms with Crippen molar-refractivity contribution in [3.05, 3.63) is 59.4 Å². The average molecular weight is 297 g/mol. The SMILES string of the molecule is Cc1ccc(NC(=O)c2ccnc(C(=O)NC(C)C)c2)cc1. The summed E-state index contributed by atoms with van der Waals surface area (Å²) >= 11 is 0. The number of carbonyl (C=O) groups excluding carboxylic acids is 2. The molecule has 0 spiro atoms. The number of carbonyl (C=O) groups is 2. The number of anilines is 1. The number of benzene rings is 1. The van der Waals surface area contributed by atoms with Gasteiger partial charge in [0.05, 0.1) is 0 Å². The van der Waals surface area contributed by atoms with Gasteiger partial charge in [0.2, 0.25) is 0 Å². The monoisotopic (exact) mass is 297 g/mol. The topological polar surface area (TPSA) is 71.1 Å². The molecule has 5 heteroatoms. The smallest absolute Gasteiger partial charge is 0.270 e. The molecule has 1 aromatic heterocycles. The quantitative estimate of drug-likeness (QED) is 0.911. The highest BCUT2D eigenvalue weighted by atomic mass is 16.2. The number of rotatable bonds is 4. The van der Waals surface area contributed by atoms with Crippen molar-refractivity contribution >= 4 is 17.5 Å². The van der Waals surface area contributed by atoms with E-state index >= 15 is 0 Å². The second kappa shape index (κ2) is 6.85. The van der Waals surface area contributed by atoms with Crippen molar-refractivity contribution in [3.63, 3.8) is 0 Å². The molecule has 0 aliphatic heterocycles. The van der Waals surface area contributed by atoms with Crippen molar-refractivity contribution in [2.24, 2.45) is 0 Å². The van der Waals surface area contributed by atoms with Crippen LogP contribution in [-0.2, 0) is 0 Å². The average Bonchev–Trinajstić information content (AvgIpc) is 2.49. The molecule has 1 heterocycles. The van der Waals surface area contributed by atoms with Gasteiger partial charge in [0.15, 0.2) is 0 Å². The molecule has 0 atom stereocenters. The van der Waals surface area contributed by atoms with Gasteiger partial charge >= 0.3 is 0 Å². The number of aryl methyl sites for hydroxylation is 1. The summed E-state index contributed by atoms with van der Waals surface area (Å²) in [6.07, 6.45) is 1.46. The zero-order valence-electron chi connectivity index (χ0n) is 12.9. The Labute approximate surface area is 129 Å². The zero-order chi connectivity index (χ0) is 16.1. The fraction of sp³-hybridized carbons (Fsp3) is 0.235. The molecule has 0 fully saturated rings. The van der Waals surface area contributed by atoms with Crippen LogP contribution in [-0.4, -0.2) is 22.8 Å². The first-order valence-electron chi connectivity index (χ1n) is 7.10. The Bertz CT molecular complexity index is 679. The van der Waals surface area contributed by atoms with E-state index in [1.165, 1.54) is 12.3 Å². The highest BCUT2D eigenvalue weighted by Gasteiger charge is 2.12. The van der Waals surface area contributed by atoms with E-state index in [0.717, 1.165) is 5.56 Å². The standard InChI is InChI=1S/C17H19N3O2/c1-11(2)19-17(22)15-10-13(8-9-18-15)16(21)20-14-6-4-12(3)5-7-14/h4-11H,1-3H3,(H,19,22)(H,20,21). The van der Waals surface area contributed by atoms with Crippen LogP contribution in [0.1, 0.15) is 40.3 Å². The van der Waals surface area contributed by atoms with Crippen LogP contribution in [0.4, 0.5) is 5.69 Å². The summed E-state index contributed by atoms with van der Waals surface area (Å²) in [6, 6.07) is 10.6. The minimum atomic E-state index is -0.292. The maximum absolute atomic E-state index is 12.2. The molecule has 114 valence electrons. The van der Waals surface area contributed by atoms with E-state index in [1.807, 2.05) is 45.0 Å². The van der Waals surface area contributed by atoms with Crippen LogP contribution < -0.4 is 10.6 Å². The van der Waals surface area contributed by atoms with Crippen LogP contribution in [0, 0.1) is 6.92 Å². The van der Waals surface area contributed by atoms with Crippen LogP contribution >= 0.6 is 0 Å². The lowest BCUT2D eigenvalue weighted by atomic mass is 10.2. The van der Waals surface area contributed by atoms with Crippen molar-refractivity contribution in [1.82, 2.24) is 10.3 Å². The number of nitrogens with one attached hydrogen (secondary N) is 2. The summed E-state index contributed by atoms with van der Waals surface area (Å²) in [4.78, 5) is 28.1. The Morgan fingerprint density at radius 1 is 1.05 bits per heavy atom. The summed E-state index contributed by atoms with van der Waals surface area (Å²) < 4.78 is 0. The molecule has 5 nitrogen and oxygen atoms in total. The first kappa shape index (κ1) is 15.7. The van der Waals surface area contributed by atoms with Gasteiger partial charge in [-0.1, -0.05) is 17.7 Å². The lowest BCUT2D eigenvalue weighted by molar-refractivity contribution is 0.0938. The fourth-order valence-corrected chi connectivity index (χ4v) is 1.87. The van der Waals surface area contributed by atoms with Gasteiger partial charge in [-0.3, -0.25) is 14.6 Å². The van der Waals surface area contributed by atoms with E-state index in [4.69, 9.17) is 0 Å².